The summed E-state index contributed by atoms with van der Waals surface area (Å²) in [6, 6.07) is 8.01. The number of ether oxygens (including phenoxy) is 2. The van der Waals surface area contributed by atoms with Crippen molar-refractivity contribution in [1.29, 1.82) is 0 Å². The first-order chi connectivity index (χ1) is 7.87. The van der Waals surface area contributed by atoms with Gasteiger partial charge in [-0.05, 0) is 33.3 Å². The van der Waals surface area contributed by atoms with Crippen molar-refractivity contribution < 1.29 is 14.3 Å². The molecule has 3 heteroatoms. The molecule has 0 amide bonds. The third-order valence-electron chi connectivity index (χ3n) is 2.54. The summed E-state index contributed by atoms with van der Waals surface area (Å²) in [5.74, 6) is -0.275. The van der Waals surface area contributed by atoms with Crippen LogP contribution in [0.3, 0.4) is 0 Å². The molecule has 0 aromatic heterocycles. The number of hydrogen-bond donors (Lipinski definition) is 0. The topological polar surface area (TPSA) is 38.8 Å². The number of benzene rings is 1. The number of esters is 1. The predicted molar refractivity (Wildman–Crippen MR) is 64.6 cm³/mol. The normalized spacial score (nSPS) is 23.3. The lowest BCUT2D eigenvalue weighted by atomic mass is 10.1. The van der Waals surface area contributed by atoms with Crippen molar-refractivity contribution in [2.75, 3.05) is 0 Å². The molecule has 0 radical (unpaired) electrons. The standard InChI is InChI=1S/C14H18O3/c1-9-5-7-10(8-6-9)11-12(16-11)13(15)17-14(2,3)4/h5-8,11-12H,1-4H3. The van der Waals surface area contributed by atoms with Crippen LogP contribution in [-0.2, 0) is 14.3 Å². The molecule has 3 nitrogen and oxygen atoms in total. The number of hydrogen-bond acceptors (Lipinski definition) is 3. The van der Waals surface area contributed by atoms with Crippen LogP contribution in [0.4, 0.5) is 0 Å². The summed E-state index contributed by atoms with van der Waals surface area (Å²) in [5, 5.41) is 0. The summed E-state index contributed by atoms with van der Waals surface area (Å²) in [5.41, 5.74) is 1.77. The fourth-order valence-electron chi connectivity index (χ4n) is 1.66. The summed E-state index contributed by atoms with van der Waals surface area (Å²) in [6.45, 7) is 7.60. The van der Waals surface area contributed by atoms with Gasteiger partial charge in [-0.1, -0.05) is 29.8 Å². The average molecular weight is 234 g/mol. The van der Waals surface area contributed by atoms with Crippen molar-refractivity contribution in [3.63, 3.8) is 0 Å². The smallest absolute Gasteiger partial charge is 0.338 e. The highest BCUT2D eigenvalue weighted by Crippen LogP contribution is 2.40. The minimum atomic E-state index is -0.457. The Hall–Kier alpha value is -1.35. The van der Waals surface area contributed by atoms with Gasteiger partial charge < -0.3 is 9.47 Å². The van der Waals surface area contributed by atoms with Gasteiger partial charge in [0.1, 0.15) is 11.7 Å². The number of epoxide rings is 1. The molecule has 17 heavy (non-hydrogen) atoms. The van der Waals surface area contributed by atoms with Crippen LogP contribution in [0.25, 0.3) is 0 Å². The summed E-state index contributed by atoms with van der Waals surface area (Å²) in [7, 11) is 0. The molecule has 0 spiro atoms. The first-order valence-corrected chi connectivity index (χ1v) is 5.82. The highest BCUT2D eigenvalue weighted by atomic mass is 16.6. The van der Waals surface area contributed by atoms with E-state index >= 15 is 0 Å². The van der Waals surface area contributed by atoms with Crippen LogP contribution < -0.4 is 0 Å². The minimum Gasteiger partial charge on any atom is -0.458 e. The van der Waals surface area contributed by atoms with E-state index < -0.39 is 11.7 Å². The number of carbonyl (C=O) groups is 1. The molecule has 0 bridgehead atoms. The summed E-state index contributed by atoms with van der Waals surface area (Å²) < 4.78 is 10.6. The number of rotatable bonds is 2. The Morgan fingerprint density at radius 1 is 1.24 bits per heavy atom. The molecule has 2 unspecified atom stereocenters. The Morgan fingerprint density at radius 2 is 1.82 bits per heavy atom. The maximum absolute atomic E-state index is 11.7. The molecule has 1 heterocycles. The van der Waals surface area contributed by atoms with Crippen molar-refractivity contribution in [2.45, 2.75) is 45.5 Å². The lowest BCUT2D eigenvalue weighted by Gasteiger charge is -2.18. The van der Waals surface area contributed by atoms with Crippen molar-refractivity contribution in [1.82, 2.24) is 0 Å². The van der Waals surface area contributed by atoms with Gasteiger partial charge in [0, 0.05) is 0 Å². The van der Waals surface area contributed by atoms with Crippen LogP contribution in [-0.4, -0.2) is 17.7 Å². The van der Waals surface area contributed by atoms with Crippen LogP contribution in [0, 0.1) is 6.92 Å². The lowest BCUT2D eigenvalue weighted by molar-refractivity contribution is -0.156. The third-order valence-corrected chi connectivity index (χ3v) is 2.54. The van der Waals surface area contributed by atoms with E-state index in [1.165, 1.54) is 5.56 Å². The van der Waals surface area contributed by atoms with Crippen molar-refractivity contribution in [2.24, 2.45) is 0 Å². The van der Waals surface area contributed by atoms with Crippen LogP contribution in [0.2, 0.25) is 0 Å². The highest BCUT2D eigenvalue weighted by Gasteiger charge is 2.48. The lowest BCUT2D eigenvalue weighted by Crippen LogP contribution is -2.26. The van der Waals surface area contributed by atoms with Crippen LogP contribution in [0.5, 0.6) is 0 Å². The zero-order chi connectivity index (χ0) is 12.6. The van der Waals surface area contributed by atoms with Gasteiger partial charge >= 0.3 is 5.97 Å². The molecule has 1 aliphatic heterocycles. The fourth-order valence-corrected chi connectivity index (χ4v) is 1.66. The van der Waals surface area contributed by atoms with Crippen LogP contribution in [0.1, 0.15) is 38.0 Å². The second kappa shape index (κ2) is 4.15. The summed E-state index contributed by atoms with van der Waals surface area (Å²) in [4.78, 5) is 11.7. The molecular formula is C14H18O3. The maximum Gasteiger partial charge on any atom is 0.338 e. The molecule has 0 N–H and O–H groups in total. The maximum atomic E-state index is 11.7. The SMILES string of the molecule is Cc1ccc(C2OC2C(=O)OC(C)(C)C)cc1. The second-order valence-electron chi connectivity index (χ2n) is 5.42. The van der Waals surface area contributed by atoms with Crippen molar-refractivity contribution >= 4 is 5.97 Å². The quantitative estimate of drug-likeness (QED) is 0.583. The summed E-state index contributed by atoms with van der Waals surface area (Å²) in [6.07, 6.45) is -0.567. The number of aryl methyl sites for hydroxylation is 1. The van der Waals surface area contributed by atoms with Gasteiger partial charge in [-0.3, -0.25) is 0 Å². The van der Waals surface area contributed by atoms with Gasteiger partial charge in [-0.25, -0.2) is 4.79 Å². The molecule has 92 valence electrons. The van der Waals surface area contributed by atoms with Gasteiger partial charge in [0.2, 0.25) is 0 Å². The second-order valence-corrected chi connectivity index (χ2v) is 5.42. The largest absolute Gasteiger partial charge is 0.458 e. The Morgan fingerprint density at radius 3 is 2.35 bits per heavy atom. The molecule has 1 aromatic carbocycles. The first-order valence-electron chi connectivity index (χ1n) is 5.82. The molecule has 0 saturated carbocycles. The fraction of sp³-hybridized carbons (Fsp3) is 0.500. The highest BCUT2D eigenvalue weighted by molar-refractivity contribution is 5.78. The van der Waals surface area contributed by atoms with Gasteiger partial charge in [0.25, 0.3) is 0 Å². The van der Waals surface area contributed by atoms with Gasteiger partial charge in [-0.2, -0.15) is 0 Å². The molecule has 2 rings (SSSR count). The number of carbonyl (C=O) groups excluding carboxylic acids is 1. The van der Waals surface area contributed by atoms with Crippen molar-refractivity contribution in [3.8, 4) is 0 Å². The van der Waals surface area contributed by atoms with E-state index in [9.17, 15) is 4.79 Å². The van der Waals surface area contributed by atoms with Gasteiger partial charge in [0.15, 0.2) is 6.10 Å². The molecular weight excluding hydrogens is 216 g/mol. The van der Waals surface area contributed by atoms with Gasteiger partial charge in [0.05, 0.1) is 0 Å². The first kappa shape index (κ1) is 12.1. The molecule has 1 fully saturated rings. The monoisotopic (exact) mass is 234 g/mol. The van der Waals surface area contributed by atoms with Crippen molar-refractivity contribution in [3.05, 3.63) is 35.4 Å². The zero-order valence-electron chi connectivity index (χ0n) is 10.7. The Bertz CT molecular complexity index is 414. The molecule has 1 aliphatic rings. The zero-order valence-corrected chi connectivity index (χ0v) is 10.7. The van der Waals surface area contributed by atoms with Gasteiger partial charge in [-0.15, -0.1) is 0 Å². The van der Waals surface area contributed by atoms with Crippen LogP contribution >= 0.6 is 0 Å². The molecule has 0 aliphatic carbocycles. The molecule has 1 saturated heterocycles. The molecule has 1 aromatic rings. The Kier molecular flexibility index (Phi) is 2.96. The van der Waals surface area contributed by atoms with E-state index in [4.69, 9.17) is 9.47 Å². The van der Waals surface area contributed by atoms with E-state index in [-0.39, 0.29) is 12.1 Å². The third kappa shape index (κ3) is 3.07. The van der Waals surface area contributed by atoms with Crippen LogP contribution in [0.15, 0.2) is 24.3 Å². The average Bonchev–Trinajstić information content (AvgIpc) is 2.96. The van der Waals surface area contributed by atoms with E-state index in [0.29, 0.717) is 0 Å². The Balaban J connectivity index is 1.96. The van der Waals surface area contributed by atoms with E-state index in [1.54, 1.807) is 0 Å². The molecule has 2 atom stereocenters. The van der Waals surface area contributed by atoms with E-state index in [2.05, 4.69) is 0 Å². The van der Waals surface area contributed by atoms with E-state index in [1.807, 2.05) is 52.0 Å². The summed E-state index contributed by atoms with van der Waals surface area (Å²) >= 11 is 0. The predicted octanol–water partition coefficient (Wildman–Crippen LogP) is 2.78. The van der Waals surface area contributed by atoms with E-state index in [0.717, 1.165) is 5.56 Å². The minimum absolute atomic E-state index is 0.134. The Labute approximate surface area is 102 Å².